The number of para-hydroxylation sites is 1. The summed E-state index contributed by atoms with van der Waals surface area (Å²) in [5.41, 5.74) is 3.87. The second-order valence-electron chi connectivity index (χ2n) is 13.8. The second-order valence-corrected chi connectivity index (χ2v) is 17.3. The van der Waals surface area contributed by atoms with Gasteiger partial charge in [0.05, 0.1) is 9.19 Å². The highest BCUT2D eigenvalue weighted by atomic mass is 79.9. The fourth-order valence-electron chi connectivity index (χ4n) is 6.81. The Morgan fingerprint density at radius 1 is 0.725 bits per heavy atom. The monoisotopic (exact) mass is 800 g/mol. The summed E-state index contributed by atoms with van der Waals surface area (Å²) >= 11 is 8.30. The van der Waals surface area contributed by atoms with Gasteiger partial charge in [-0.3, -0.25) is 0 Å². The van der Waals surface area contributed by atoms with Crippen molar-refractivity contribution >= 4 is 62.0 Å². The lowest BCUT2D eigenvalue weighted by Crippen LogP contribution is -2.18. The van der Waals surface area contributed by atoms with E-state index in [0.29, 0.717) is 16.7 Å². The Hall–Kier alpha value is -1.90. The fourth-order valence-corrected chi connectivity index (χ4v) is 10.8. The first-order valence-electron chi connectivity index (χ1n) is 20.0. The molecule has 0 unspecified atom stereocenters. The summed E-state index contributed by atoms with van der Waals surface area (Å²) in [6.45, 7) is 5.09. The van der Waals surface area contributed by atoms with Crippen LogP contribution in [-0.2, 0) is 16.2 Å². The molecule has 3 aromatic rings. The van der Waals surface area contributed by atoms with Crippen molar-refractivity contribution in [2.75, 3.05) is 18.6 Å². The van der Waals surface area contributed by atoms with Gasteiger partial charge in [0.25, 0.3) is 0 Å². The van der Waals surface area contributed by atoms with Crippen LogP contribution in [0.15, 0.2) is 58.3 Å². The lowest BCUT2D eigenvalue weighted by Gasteiger charge is -2.18. The second kappa shape index (κ2) is 26.8. The van der Waals surface area contributed by atoms with Gasteiger partial charge in [0, 0.05) is 28.6 Å². The van der Waals surface area contributed by atoms with Gasteiger partial charge in [0.2, 0.25) is 0 Å². The molecule has 0 aliphatic heterocycles. The molecule has 1 heterocycles. The van der Waals surface area contributed by atoms with Crippen LogP contribution < -0.4 is 0 Å². The molecule has 0 bridgehead atoms. The number of hydrogen-bond donors (Lipinski definition) is 1. The third-order valence-electron chi connectivity index (χ3n) is 9.70. The molecule has 2 aromatic carbocycles. The molecule has 0 spiro atoms. The highest BCUT2D eigenvalue weighted by Crippen LogP contribution is 2.48. The maximum absolute atomic E-state index is 12.1. The van der Waals surface area contributed by atoms with E-state index in [2.05, 4.69) is 87.3 Å². The minimum absolute atomic E-state index is 0.0853. The Morgan fingerprint density at radius 2 is 1.20 bits per heavy atom. The SMILES string of the molecule is CCCCCCCCCCCCSC(SCCCCCCCCCCCC)c1c(Br)n(Cc2ccccc2C(=NOC)C(=O)O)c2ccccc12. The Morgan fingerprint density at radius 3 is 1.71 bits per heavy atom. The van der Waals surface area contributed by atoms with E-state index in [1.807, 2.05) is 24.3 Å². The number of aliphatic carboxylic acids is 1. The lowest BCUT2D eigenvalue weighted by atomic mass is 10.0. The number of hydrogen-bond acceptors (Lipinski definition) is 5. The van der Waals surface area contributed by atoms with Crippen LogP contribution in [0.4, 0.5) is 0 Å². The van der Waals surface area contributed by atoms with Crippen molar-refractivity contribution in [3.8, 4) is 0 Å². The fraction of sp³-hybridized carbons (Fsp3) is 0.628. The number of halogens is 1. The third kappa shape index (κ3) is 15.5. The standard InChI is InChI=1S/C43H65BrN2O3S2/c1-4-6-8-10-12-14-16-18-20-26-32-50-43(51-33-27-21-19-17-15-13-11-9-7-5-2)39-37-30-24-25-31-38(37)46(41(39)44)34-35-28-22-23-29-36(35)40(42(47)48)45-49-3/h22-25,28-31,43H,4-21,26-27,32-34H2,1-3H3,(H,47,48). The predicted octanol–water partition coefficient (Wildman–Crippen LogP) is 14.2. The molecule has 8 heteroatoms. The highest BCUT2D eigenvalue weighted by Gasteiger charge is 2.25. The van der Waals surface area contributed by atoms with Crippen LogP contribution >= 0.6 is 39.5 Å². The molecule has 3 rings (SSSR count). The summed E-state index contributed by atoms with van der Waals surface area (Å²) in [5.74, 6) is 1.22. The van der Waals surface area contributed by atoms with Gasteiger partial charge in [-0.1, -0.05) is 177 Å². The highest BCUT2D eigenvalue weighted by molar-refractivity contribution is 9.10. The number of nitrogens with zero attached hydrogens (tertiary/aromatic N) is 2. The molecule has 284 valence electrons. The molecule has 5 nitrogen and oxygen atoms in total. The smallest absolute Gasteiger partial charge is 0.358 e. The molecule has 0 amide bonds. The van der Waals surface area contributed by atoms with E-state index in [9.17, 15) is 9.90 Å². The van der Waals surface area contributed by atoms with E-state index in [4.69, 9.17) is 4.84 Å². The predicted molar refractivity (Wildman–Crippen MR) is 228 cm³/mol. The molecule has 51 heavy (non-hydrogen) atoms. The van der Waals surface area contributed by atoms with Gasteiger partial charge in [0.1, 0.15) is 7.11 Å². The number of benzene rings is 2. The summed E-state index contributed by atoms with van der Waals surface area (Å²) in [7, 11) is 1.38. The zero-order chi connectivity index (χ0) is 36.5. The van der Waals surface area contributed by atoms with Crippen molar-refractivity contribution in [2.45, 2.75) is 153 Å². The van der Waals surface area contributed by atoms with Gasteiger partial charge in [-0.15, -0.1) is 23.5 Å². The van der Waals surface area contributed by atoms with E-state index in [1.165, 1.54) is 146 Å². The molecule has 1 aromatic heterocycles. The number of oxime groups is 1. The van der Waals surface area contributed by atoms with E-state index in [0.717, 1.165) is 27.2 Å². The largest absolute Gasteiger partial charge is 0.476 e. The maximum atomic E-state index is 12.1. The van der Waals surface area contributed by atoms with Crippen molar-refractivity contribution in [1.29, 1.82) is 0 Å². The summed E-state index contributed by atoms with van der Waals surface area (Å²) < 4.78 is 3.70. The molecule has 0 saturated carbocycles. The number of carboxylic acids is 1. The van der Waals surface area contributed by atoms with Gasteiger partial charge < -0.3 is 14.5 Å². The van der Waals surface area contributed by atoms with Crippen molar-refractivity contribution < 1.29 is 14.7 Å². The number of carbonyl (C=O) groups is 1. The number of carboxylic acid groups (broad SMARTS) is 1. The first-order valence-corrected chi connectivity index (χ1v) is 22.8. The first-order chi connectivity index (χ1) is 25.0. The van der Waals surface area contributed by atoms with Gasteiger partial charge in [0.15, 0.2) is 5.71 Å². The minimum Gasteiger partial charge on any atom is -0.476 e. The Kier molecular flexibility index (Phi) is 22.9. The first kappa shape index (κ1) is 43.5. The molecule has 0 saturated heterocycles. The summed E-state index contributed by atoms with van der Waals surface area (Å²) in [6.07, 6.45) is 27.1. The zero-order valence-electron chi connectivity index (χ0n) is 31.8. The number of rotatable bonds is 30. The van der Waals surface area contributed by atoms with Gasteiger partial charge in [-0.25, -0.2) is 4.79 Å². The Labute approximate surface area is 326 Å². The number of aromatic nitrogens is 1. The molecule has 0 fully saturated rings. The molecular weight excluding hydrogens is 737 g/mol. The molecule has 0 aliphatic carbocycles. The average molecular weight is 802 g/mol. The van der Waals surface area contributed by atoms with E-state index in [-0.39, 0.29) is 5.71 Å². The molecular formula is C43H65BrN2O3S2. The maximum Gasteiger partial charge on any atom is 0.358 e. The van der Waals surface area contributed by atoms with E-state index < -0.39 is 5.97 Å². The topological polar surface area (TPSA) is 63.8 Å². The van der Waals surface area contributed by atoms with Crippen LogP contribution in [0, 0.1) is 0 Å². The van der Waals surface area contributed by atoms with Crippen molar-refractivity contribution in [3.05, 3.63) is 69.8 Å². The minimum atomic E-state index is -1.10. The molecule has 0 aliphatic rings. The van der Waals surface area contributed by atoms with Crippen molar-refractivity contribution in [1.82, 2.24) is 4.57 Å². The van der Waals surface area contributed by atoms with E-state index >= 15 is 0 Å². The Balaban J connectivity index is 1.71. The average Bonchev–Trinajstić information content (AvgIpc) is 3.41. The normalized spacial score (nSPS) is 12.0. The van der Waals surface area contributed by atoms with Crippen LogP contribution in [-0.4, -0.2) is 40.0 Å². The van der Waals surface area contributed by atoms with Gasteiger partial charge in [-0.05, 0) is 51.9 Å². The zero-order valence-corrected chi connectivity index (χ0v) is 35.0. The summed E-state index contributed by atoms with van der Waals surface area (Å²) in [6, 6.07) is 16.3. The summed E-state index contributed by atoms with van der Waals surface area (Å²) in [5, 5.41) is 15.1. The van der Waals surface area contributed by atoms with Crippen LogP contribution in [0.25, 0.3) is 10.9 Å². The third-order valence-corrected chi connectivity index (χ3v) is 13.5. The number of thioether (sulfide) groups is 2. The van der Waals surface area contributed by atoms with Crippen molar-refractivity contribution in [3.63, 3.8) is 0 Å². The molecule has 0 radical (unpaired) electrons. The summed E-state index contributed by atoms with van der Waals surface area (Å²) in [4.78, 5) is 17.1. The molecule has 1 N–H and O–H groups in total. The molecule has 0 atom stereocenters. The van der Waals surface area contributed by atoms with Crippen LogP contribution in [0.1, 0.15) is 164 Å². The number of fused-ring (bicyclic) bond motifs is 1. The lowest BCUT2D eigenvalue weighted by molar-refractivity contribution is -0.129. The van der Waals surface area contributed by atoms with Crippen LogP contribution in [0.3, 0.4) is 0 Å². The van der Waals surface area contributed by atoms with E-state index in [1.54, 1.807) is 0 Å². The van der Waals surface area contributed by atoms with Gasteiger partial charge >= 0.3 is 5.97 Å². The Bertz CT molecular complexity index is 1400. The quantitative estimate of drug-likeness (QED) is 0.0315. The van der Waals surface area contributed by atoms with Crippen molar-refractivity contribution in [2.24, 2.45) is 5.16 Å². The van der Waals surface area contributed by atoms with Crippen LogP contribution in [0.5, 0.6) is 0 Å². The van der Waals surface area contributed by atoms with Crippen LogP contribution in [0.2, 0.25) is 0 Å². The van der Waals surface area contributed by atoms with Gasteiger partial charge in [-0.2, -0.15) is 0 Å². The number of unbranched alkanes of at least 4 members (excludes halogenated alkanes) is 18.